The molecule has 0 aromatic carbocycles. The summed E-state index contributed by atoms with van der Waals surface area (Å²) in [6.45, 7) is 4.31. The Kier molecular flexibility index (Phi) is 3.76. The molecule has 1 fully saturated rings. The molecule has 1 atom stereocenters. The summed E-state index contributed by atoms with van der Waals surface area (Å²) in [7, 11) is 2.63. The van der Waals surface area contributed by atoms with Crippen molar-refractivity contribution in [2.45, 2.75) is 33.1 Å². The summed E-state index contributed by atoms with van der Waals surface area (Å²) in [5.41, 5.74) is 0.000240. The summed E-state index contributed by atoms with van der Waals surface area (Å²) in [6, 6.07) is 0. The van der Waals surface area contributed by atoms with Crippen molar-refractivity contribution in [1.29, 1.82) is 0 Å². The Bertz CT molecular complexity index is 469. The number of hydrogen-bond donors (Lipinski definition) is 0. The highest BCUT2D eigenvalue weighted by molar-refractivity contribution is 6.01. The van der Waals surface area contributed by atoms with Crippen molar-refractivity contribution < 1.29 is 19.1 Å². The molecule has 0 bridgehead atoms. The second-order valence-corrected chi connectivity index (χ2v) is 6.39. The van der Waals surface area contributed by atoms with E-state index in [2.05, 4.69) is 32.1 Å². The molecule has 20 heavy (non-hydrogen) atoms. The van der Waals surface area contributed by atoms with Gasteiger partial charge in [-0.15, -0.1) is 0 Å². The molecule has 0 amide bonds. The van der Waals surface area contributed by atoms with Gasteiger partial charge in [-0.2, -0.15) is 0 Å². The molecule has 0 aromatic heterocycles. The van der Waals surface area contributed by atoms with Crippen LogP contribution in [0.3, 0.4) is 0 Å². The number of esters is 2. The van der Waals surface area contributed by atoms with Crippen molar-refractivity contribution in [3.05, 3.63) is 23.8 Å². The van der Waals surface area contributed by atoms with Gasteiger partial charge in [0.2, 0.25) is 0 Å². The van der Waals surface area contributed by atoms with Crippen LogP contribution in [0.15, 0.2) is 23.8 Å². The van der Waals surface area contributed by atoms with E-state index in [1.165, 1.54) is 14.2 Å². The number of hydrogen-bond acceptors (Lipinski definition) is 4. The molecule has 0 radical (unpaired) electrons. The SMILES string of the molecule is COC(=O)C1(C(=O)OC)CC2=CC(C)(C)CC=C[C@H]2C1. The lowest BCUT2D eigenvalue weighted by molar-refractivity contribution is -0.168. The first-order valence-corrected chi connectivity index (χ1v) is 6.90. The van der Waals surface area contributed by atoms with Gasteiger partial charge in [0.15, 0.2) is 5.41 Å². The number of allylic oxidation sites excluding steroid dienone is 4. The average molecular weight is 278 g/mol. The van der Waals surface area contributed by atoms with E-state index in [-0.39, 0.29) is 11.3 Å². The van der Waals surface area contributed by atoms with Crippen molar-refractivity contribution in [3.8, 4) is 0 Å². The molecular weight excluding hydrogens is 256 g/mol. The molecule has 4 heteroatoms. The van der Waals surface area contributed by atoms with Gasteiger partial charge in [-0.1, -0.05) is 37.6 Å². The van der Waals surface area contributed by atoms with Crippen LogP contribution in [0.2, 0.25) is 0 Å². The largest absolute Gasteiger partial charge is 0.468 e. The first-order valence-electron chi connectivity index (χ1n) is 6.90. The van der Waals surface area contributed by atoms with Crippen LogP contribution in [-0.4, -0.2) is 26.2 Å². The molecule has 1 saturated carbocycles. The van der Waals surface area contributed by atoms with Gasteiger partial charge in [-0.25, -0.2) is 0 Å². The van der Waals surface area contributed by atoms with Crippen molar-refractivity contribution >= 4 is 11.9 Å². The number of methoxy groups -OCH3 is 2. The second-order valence-electron chi connectivity index (χ2n) is 6.39. The standard InChI is InChI=1S/C16H22O4/c1-15(2)7-5-6-11-9-16(13(17)19-3,14(18)20-4)10-12(11)8-15/h5-6,8,11H,7,9-10H2,1-4H3/t11-/m0/s1. The summed E-state index contributed by atoms with van der Waals surface area (Å²) < 4.78 is 9.72. The van der Waals surface area contributed by atoms with E-state index < -0.39 is 17.4 Å². The van der Waals surface area contributed by atoms with Crippen LogP contribution < -0.4 is 0 Å². The van der Waals surface area contributed by atoms with Gasteiger partial charge in [0, 0.05) is 0 Å². The minimum absolute atomic E-state index is 0.0445. The van der Waals surface area contributed by atoms with Gasteiger partial charge in [0.1, 0.15) is 0 Å². The molecule has 0 spiro atoms. The van der Waals surface area contributed by atoms with Crippen molar-refractivity contribution in [3.63, 3.8) is 0 Å². The lowest BCUT2D eigenvalue weighted by Crippen LogP contribution is -2.39. The number of fused-ring (bicyclic) bond motifs is 1. The Labute approximate surface area is 119 Å². The zero-order chi connectivity index (χ0) is 15.0. The lowest BCUT2D eigenvalue weighted by Gasteiger charge is -2.23. The predicted molar refractivity (Wildman–Crippen MR) is 74.8 cm³/mol. The molecule has 4 nitrogen and oxygen atoms in total. The van der Waals surface area contributed by atoms with Crippen molar-refractivity contribution in [1.82, 2.24) is 0 Å². The molecule has 0 heterocycles. The van der Waals surface area contributed by atoms with Gasteiger partial charge in [-0.3, -0.25) is 9.59 Å². The summed E-state index contributed by atoms with van der Waals surface area (Å²) in [5.74, 6) is -0.871. The highest BCUT2D eigenvalue weighted by Crippen LogP contribution is 2.50. The van der Waals surface area contributed by atoms with E-state index >= 15 is 0 Å². The molecule has 0 unspecified atom stereocenters. The minimum Gasteiger partial charge on any atom is -0.468 e. The number of rotatable bonds is 2. The zero-order valence-corrected chi connectivity index (χ0v) is 12.6. The Hall–Kier alpha value is -1.58. The van der Waals surface area contributed by atoms with Crippen molar-refractivity contribution in [2.24, 2.45) is 16.7 Å². The fraction of sp³-hybridized carbons (Fsp3) is 0.625. The van der Waals surface area contributed by atoms with Crippen LogP contribution in [0.4, 0.5) is 0 Å². The Morgan fingerprint density at radius 1 is 1.20 bits per heavy atom. The van der Waals surface area contributed by atoms with Gasteiger partial charge >= 0.3 is 11.9 Å². The normalized spacial score (nSPS) is 26.2. The van der Waals surface area contributed by atoms with Crippen LogP contribution >= 0.6 is 0 Å². The van der Waals surface area contributed by atoms with Gasteiger partial charge < -0.3 is 9.47 Å². The van der Waals surface area contributed by atoms with Crippen LogP contribution in [0.5, 0.6) is 0 Å². The smallest absolute Gasteiger partial charge is 0.323 e. The maximum atomic E-state index is 12.2. The zero-order valence-electron chi connectivity index (χ0n) is 12.6. The van der Waals surface area contributed by atoms with Crippen molar-refractivity contribution in [2.75, 3.05) is 14.2 Å². The molecular formula is C16H22O4. The first-order chi connectivity index (χ1) is 9.34. The third kappa shape index (κ3) is 2.39. The molecule has 2 rings (SSSR count). The van der Waals surface area contributed by atoms with E-state index in [9.17, 15) is 9.59 Å². The summed E-state index contributed by atoms with van der Waals surface area (Å²) in [4.78, 5) is 24.3. The lowest BCUT2D eigenvalue weighted by atomic mass is 9.83. The maximum Gasteiger partial charge on any atom is 0.323 e. The fourth-order valence-electron chi connectivity index (χ4n) is 3.29. The number of ether oxygens (including phenoxy) is 2. The maximum absolute atomic E-state index is 12.2. The topological polar surface area (TPSA) is 52.6 Å². The van der Waals surface area contributed by atoms with Crippen LogP contribution in [-0.2, 0) is 19.1 Å². The molecule has 2 aliphatic rings. The average Bonchev–Trinajstić information content (AvgIpc) is 2.69. The monoisotopic (exact) mass is 278 g/mol. The quantitative estimate of drug-likeness (QED) is 0.442. The third-order valence-electron chi connectivity index (χ3n) is 4.29. The summed E-state index contributed by atoms with van der Waals surface area (Å²) in [5, 5.41) is 0. The van der Waals surface area contributed by atoms with Crippen LogP contribution in [0, 0.1) is 16.7 Å². The van der Waals surface area contributed by atoms with Crippen LogP contribution in [0.25, 0.3) is 0 Å². The van der Waals surface area contributed by atoms with Gasteiger partial charge in [-0.05, 0) is 30.6 Å². The number of carbonyl (C=O) groups excluding carboxylic acids is 2. The molecule has 0 aromatic rings. The Morgan fingerprint density at radius 3 is 2.35 bits per heavy atom. The summed E-state index contributed by atoms with van der Waals surface area (Å²) >= 11 is 0. The van der Waals surface area contributed by atoms with E-state index in [1.54, 1.807) is 0 Å². The fourth-order valence-corrected chi connectivity index (χ4v) is 3.29. The van der Waals surface area contributed by atoms with E-state index in [0.29, 0.717) is 12.8 Å². The molecule has 2 aliphatic carbocycles. The van der Waals surface area contributed by atoms with Gasteiger partial charge in [0.05, 0.1) is 14.2 Å². The second kappa shape index (κ2) is 5.08. The predicted octanol–water partition coefficient (Wildman–Crippen LogP) is 2.64. The molecule has 0 saturated heterocycles. The molecule has 0 N–H and O–H groups in total. The molecule has 110 valence electrons. The highest BCUT2D eigenvalue weighted by Gasteiger charge is 2.55. The van der Waals surface area contributed by atoms with Gasteiger partial charge in [0.25, 0.3) is 0 Å². The van der Waals surface area contributed by atoms with E-state index in [4.69, 9.17) is 9.47 Å². The summed E-state index contributed by atoms with van der Waals surface area (Å²) in [6.07, 6.45) is 8.24. The highest BCUT2D eigenvalue weighted by atomic mass is 16.5. The minimum atomic E-state index is -1.18. The van der Waals surface area contributed by atoms with Crippen LogP contribution in [0.1, 0.15) is 33.1 Å². The molecule has 0 aliphatic heterocycles. The third-order valence-corrected chi connectivity index (χ3v) is 4.29. The Balaban J connectivity index is 2.42. The van der Waals surface area contributed by atoms with E-state index in [0.717, 1.165) is 12.0 Å². The van der Waals surface area contributed by atoms with E-state index in [1.807, 2.05) is 0 Å². The first kappa shape index (κ1) is 14.8. The number of carbonyl (C=O) groups is 2. The Morgan fingerprint density at radius 2 is 1.80 bits per heavy atom.